The Hall–Kier alpha value is -2.99. The smallest absolute Gasteiger partial charge is 0.363 e. The molecule has 4 rings (SSSR count). The van der Waals surface area contributed by atoms with E-state index >= 15 is 4.39 Å². The van der Waals surface area contributed by atoms with Crippen LogP contribution in [0.15, 0.2) is 60.7 Å². The molecule has 0 radical (unpaired) electrons. The van der Waals surface area contributed by atoms with Gasteiger partial charge in [-0.1, -0.05) is 73.9 Å². The molecule has 2 N–H and O–H groups in total. The molecule has 2 heterocycles. The topological polar surface area (TPSA) is 107 Å². The van der Waals surface area contributed by atoms with Crippen LogP contribution in [-0.4, -0.2) is 61.7 Å². The summed E-state index contributed by atoms with van der Waals surface area (Å²) in [5.41, 5.74) is 2.06. The Labute approximate surface area is 270 Å². The predicted molar refractivity (Wildman–Crippen MR) is 171 cm³/mol. The van der Waals surface area contributed by atoms with E-state index in [4.69, 9.17) is 11.6 Å². The van der Waals surface area contributed by atoms with Crippen LogP contribution >= 0.6 is 34.5 Å². The summed E-state index contributed by atoms with van der Waals surface area (Å²) >= 11 is 8.29. The lowest BCUT2D eigenvalue weighted by molar-refractivity contribution is -0.160. The van der Waals surface area contributed by atoms with Gasteiger partial charge in [0.15, 0.2) is 0 Å². The van der Waals surface area contributed by atoms with E-state index in [0.717, 1.165) is 30.4 Å². The van der Waals surface area contributed by atoms with E-state index in [1.54, 1.807) is 30.3 Å². The van der Waals surface area contributed by atoms with E-state index in [9.17, 15) is 24.3 Å². The molecule has 43 heavy (non-hydrogen) atoms. The van der Waals surface area contributed by atoms with Crippen molar-refractivity contribution in [3.8, 4) is 11.1 Å². The van der Waals surface area contributed by atoms with Gasteiger partial charge in [-0.05, 0) is 55.4 Å². The van der Waals surface area contributed by atoms with Crippen molar-refractivity contribution in [2.45, 2.75) is 63.7 Å². The molecular weight excluding hydrogens is 688 g/mol. The fourth-order valence-corrected chi connectivity index (χ4v) is 6.72. The largest absolute Gasteiger partial charge is 0.477 e. The minimum absolute atomic E-state index is 0.171. The Bertz CT molecular complexity index is 1390. The lowest BCUT2D eigenvalue weighted by atomic mass is 9.96. The van der Waals surface area contributed by atoms with Crippen molar-refractivity contribution < 1.29 is 28.7 Å². The van der Waals surface area contributed by atoms with Crippen LogP contribution in [0.3, 0.4) is 0 Å². The van der Waals surface area contributed by atoms with Crippen LogP contribution in [0.1, 0.15) is 62.2 Å². The summed E-state index contributed by atoms with van der Waals surface area (Å²) in [4.78, 5) is 53.5. The number of rotatable bonds is 5. The molecule has 2 aromatic rings. The van der Waals surface area contributed by atoms with Crippen molar-refractivity contribution in [2.75, 3.05) is 13.1 Å². The number of alkyl halides is 1. The molecule has 1 fully saturated rings. The zero-order chi connectivity index (χ0) is 31.1. The van der Waals surface area contributed by atoms with Crippen LogP contribution in [0.5, 0.6) is 0 Å². The number of halogens is 3. The SMILES string of the molecule is C[C@H]1/C=C\CCCCCCC(=O)N2C[C@H](CN(I)C(=O)c3cccc(-c4ccccc4Cl)c3)C[C@H]2C(=O)N[C@@]1(F)C(=O)O. The molecule has 11 heteroatoms. The number of allylic oxidation sites excluding steroid dienone is 1. The van der Waals surface area contributed by atoms with Gasteiger partial charge in [0.2, 0.25) is 11.8 Å². The number of carbonyl (C=O) groups is 4. The Morgan fingerprint density at radius 1 is 1.14 bits per heavy atom. The Balaban J connectivity index is 1.52. The average molecular weight is 724 g/mol. The molecule has 0 unspecified atom stereocenters. The molecule has 0 bridgehead atoms. The molecule has 1 saturated heterocycles. The number of hydrogen-bond donors (Lipinski definition) is 2. The van der Waals surface area contributed by atoms with Crippen molar-refractivity contribution in [3.05, 3.63) is 71.3 Å². The van der Waals surface area contributed by atoms with Crippen LogP contribution in [0.25, 0.3) is 11.1 Å². The highest BCUT2D eigenvalue weighted by Gasteiger charge is 2.48. The van der Waals surface area contributed by atoms with E-state index < -0.39 is 29.6 Å². The van der Waals surface area contributed by atoms with Crippen molar-refractivity contribution in [3.63, 3.8) is 0 Å². The van der Waals surface area contributed by atoms with Gasteiger partial charge in [0, 0.05) is 41.6 Å². The molecule has 3 amide bonds. The van der Waals surface area contributed by atoms with Crippen LogP contribution in [0.2, 0.25) is 5.02 Å². The molecule has 4 atom stereocenters. The molecule has 0 aromatic heterocycles. The summed E-state index contributed by atoms with van der Waals surface area (Å²) in [6, 6.07) is 13.5. The molecule has 2 aliphatic heterocycles. The molecule has 2 aliphatic rings. The first kappa shape index (κ1) is 32.9. The number of nitrogens with zero attached hydrogens (tertiary/aromatic N) is 2. The number of benzene rings is 2. The first-order valence-corrected chi connectivity index (χ1v) is 15.9. The van der Waals surface area contributed by atoms with Gasteiger partial charge in [-0.3, -0.25) is 17.5 Å². The summed E-state index contributed by atoms with van der Waals surface area (Å²) < 4.78 is 17.3. The lowest BCUT2D eigenvalue weighted by Gasteiger charge is -2.30. The van der Waals surface area contributed by atoms with Gasteiger partial charge >= 0.3 is 5.97 Å². The first-order valence-electron chi connectivity index (χ1n) is 14.5. The third-order valence-electron chi connectivity index (χ3n) is 8.12. The monoisotopic (exact) mass is 723 g/mol. The second-order valence-corrected chi connectivity index (χ2v) is 12.8. The van der Waals surface area contributed by atoms with Crippen molar-refractivity contribution >= 4 is 58.2 Å². The summed E-state index contributed by atoms with van der Waals surface area (Å²) in [5, 5.41) is 12.4. The molecule has 0 spiro atoms. The standard InChI is InChI=1S/C32H36ClFIN3O5/c1-21-11-6-4-2-3-5-7-16-28(39)37-19-22(17-27(37)29(40)36-32(21,34)31(42)43)20-38(35)30(41)24-13-10-12-23(18-24)25-14-8-9-15-26(25)33/h6,8-15,18,21-22,27H,2-5,7,16-17,19-20H2,1H3,(H,36,40)(H,42,43)/b11-6-/t21-,22+,27-,32+/m0/s1. The van der Waals surface area contributed by atoms with Gasteiger partial charge in [0.25, 0.3) is 11.7 Å². The van der Waals surface area contributed by atoms with Crippen molar-refractivity contribution in [1.82, 2.24) is 13.3 Å². The molecule has 0 aliphatic carbocycles. The maximum absolute atomic E-state index is 15.8. The molecule has 8 nitrogen and oxygen atoms in total. The molecule has 230 valence electrons. The van der Waals surface area contributed by atoms with Gasteiger partial charge in [0.05, 0.1) is 22.9 Å². The average Bonchev–Trinajstić information content (AvgIpc) is 3.41. The second kappa shape index (κ2) is 14.7. The number of amides is 3. The third-order valence-corrected chi connectivity index (χ3v) is 9.29. The van der Waals surface area contributed by atoms with Gasteiger partial charge in [-0.15, -0.1) is 0 Å². The van der Waals surface area contributed by atoms with Gasteiger partial charge in [0.1, 0.15) is 6.04 Å². The van der Waals surface area contributed by atoms with Crippen LogP contribution in [-0.2, 0) is 14.4 Å². The fourth-order valence-electron chi connectivity index (χ4n) is 5.64. The maximum Gasteiger partial charge on any atom is 0.363 e. The highest BCUT2D eigenvalue weighted by atomic mass is 127. The normalized spacial score (nSPS) is 26.0. The minimum Gasteiger partial charge on any atom is -0.477 e. The molecule has 2 aromatic carbocycles. The summed E-state index contributed by atoms with van der Waals surface area (Å²) in [7, 11) is 0. The third kappa shape index (κ3) is 7.94. The van der Waals surface area contributed by atoms with Gasteiger partial charge in [-0.2, -0.15) is 0 Å². The van der Waals surface area contributed by atoms with E-state index in [1.165, 1.54) is 21.0 Å². The molecule has 0 saturated carbocycles. The van der Waals surface area contributed by atoms with Crippen LogP contribution in [0.4, 0.5) is 4.39 Å². The van der Waals surface area contributed by atoms with E-state index in [1.807, 2.05) is 47.1 Å². The maximum atomic E-state index is 15.8. The highest BCUT2D eigenvalue weighted by Crippen LogP contribution is 2.31. The zero-order valence-corrected chi connectivity index (χ0v) is 26.9. The Morgan fingerprint density at radius 2 is 1.88 bits per heavy atom. The fraction of sp³-hybridized carbons (Fsp3) is 0.438. The number of fused-ring (bicyclic) bond motifs is 1. The lowest BCUT2D eigenvalue weighted by Crippen LogP contribution is -2.59. The number of carbonyl (C=O) groups excluding carboxylic acids is 3. The quantitative estimate of drug-likeness (QED) is 0.160. The summed E-state index contributed by atoms with van der Waals surface area (Å²) in [6.45, 7) is 1.84. The number of carboxylic acid groups (broad SMARTS) is 1. The van der Waals surface area contributed by atoms with Crippen molar-refractivity contribution in [1.29, 1.82) is 0 Å². The predicted octanol–water partition coefficient (Wildman–Crippen LogP) is 6.43. The van der Waals surface area contributed by atoms with E-state index in [0.29, 0.717) is 23.4 Å². The summed E-state index contributed by atoms with van der Waals surface area (Å²) in [5.74, 6) is -7.55. The van der Waals surface area contributed by atoms with Gasteiger partial charge < -0.3 is 15.3 Å². The first-order chi connectivity index (χ1) is 20.5. The Kier molecular flexibility index (Phi) is 11.2. The van der Waals surface area contributed by atoms with E-state index in [-0.39, 0.29) is 43.7 Å². The number of nitrogens with one attached hydrogen (secondary N) is 1. The highest BCUT2D eigenvalue weighted by molar-refractivity contribution is 14.1. The van der Waals surface area contributed by atoms with Crippen LogP contribution < -0.4 is 5.32 Å². The van der Waals surface area contributed by atoms with Crippen LogP contribution in [0, 0.1) is 11.8 Å². The zero-order valence-electron chi connectivity index (χ0n) is 24.0. The summed E-state index contributed by atoms with van der Waals surface area (Å²) in [6.07, 6.45) is 7.53. The van der Waals surface area contributed by atoms with Crippen molar-refractivity contribution in [2.24, 2.45) is 11.8 Å². The van der Waals surface area contributed by atoms with Gasteiger partial charge in [-0.25, -0.2) is 9.18 Å². The number of hydrogen-bond acceptors (Lipinski definition) is 4. The Morgan fingerprint density at radius 3 is 2.63 bits per heavy atom. The van der Waals surface area contributed by atoms with E-state index in [2.05, 4.69) is 5.32 Å². The molecular formula is C32H36ClFIN3O5. The number of carboxylic acids is 1. The second-order valence-electron chi connectivity index (χ2n) is 11.3. The number of aliphatic carboxylic acids is 1. The minimum atomic E-state index is -3.03.